The fourth-order valence-corrected chi connectivity index (χ4v) is 2.19. The van der Waals surface area contributed by atoms with Crippen LogP contribution < -0.4 is 14.8 Å². The third-order valence-corrected chi connectivity index (χ3v) is 3.41. The van der Waals surface area contributed by atoms with Crippen LogP contribution >= 0.6 is 0 Å². The number of carbonyl (C=O) groups is 1. The Hall–Kier alpha value is -1.95. The summed E-state index contributed by atoms with van der Waals surface area (Å²) < 4.78 is 10.5. The molecule has 2 heterocycles. The third kappa shape index (κ3) is 2.58. The predicted molar refractivity (Wildman–Crippen MR) is 70.7 cm³/mol. The molecule has 1 saturated heterocycles. The van der Waals surface area contributed by atoms with Gasteiger partial charge < -0.3 is 24.6 Å². The lowest BCUT2D eigenvalue weighted by molar-refractivity contribution is 0.164. The predicted octanol–water partition coefficient (Wildman–Crippen LogP) is 1.19. The minimum Gasteiger partial charge on any atom is -0.454 e. The number of nitrogens with zero attached hydrogens (tertiary/aromatic N) is 2. The summed E-state index contributed by atoms with van der Waals surface area (Å²) in [6.07, 6.45) is 0. The van der Waals surface area contributed by atoms with E-state index in [1.807, 2.05) is 17.0 Å². The van der Waals surface area contributed by atoms with Crippen LogP contribution in [0.5, 0.6) is 11.5 Å². The van der Waals surface area contributed by atoms with E-state index < -0.39 is 0 Å². The molecule has 1 N–H and O–H groups in total. The summed E-state index contributed by atoms with van der Waals surface area (Å²) in [6.45, 7) is 3.58. The molecule has 0 atom stereocenters. The monoisotopic (exact) mass is 263 g/mol. The van der Waals surface area contributed by atoms with Crippen molar-refractivity contribution >= 4 is 11.7 Å². The Balaban J connectivity index is 1.63. The normalized spacial score (nSPS) is 18.5. The van der Waals surface area contributed by atoms with Crippen LogP contribution in [-0.2, 0) is 0 Å². The zero-order valence-electron chi connectivity index (χ0n) is 10.9. The maximum Gasteiger partial charge on any atom is 0.321 e. The third-order valence-electron chi connectivity index (χ3n) is 3.41. The topological polar surface area (TPSA) is 54.0 Å². The lowest BCUT2D eigenvalue weighted by Gasteiger charge is -2.32. The van der Waals surface area contributed by atoms with Crippen molar-refractivity contribution in [2.75, 3.05) is 45.3 Å². The molecule has 0 radical (unpaired) electrons. The summed E-state index contributed by atoms with van der Waals surface area (Å²) in [7, 11) is 2.06. The molecule has 1 aromatic rings. The number of hydrogen-bond acceptors (Lipinski definition) is 4. The first kappa shape index (κ1) is 12.1. The van der Waals surface area contributed by atoms with Crippen LogP contribution in [0.15, 0.2) is 18.2 Å². The molecule has 102 valence electrons. The molecule has 0 aliphatic carbocycles. The smallest absolute Gasteiger partial charge is 0.321 e. The van der Waals surface area contributed by atoms with Crippen LogP contribution in [0.3, 0.4) is 0 Å². The molecule has 0 saturated carbocycles. The Bertz CT molecular complexity index is 484. The van der Waals surface area contributed by atoms with Crippen molar-refractivity contribution in [2.24, 2.45) is 0 Å². The number of carbonyl (C=O) groups excluding carboxylic acids is 1. The molecule has 0 aromatic heterocycles. The second-order valence-corrected chi connectivity index (χ2v) is 4.79. The Morgan fingerprint density at radius 3 is 2.68 bits per heavy atom. The SMILES string of the molecule is CN1CCN(C(=O)Nc2ccc3c(c2)OCO3)CC1. The van der Waals surface area contributed by atoms with Gasteiger partial charge in [0.25, 0.3) is 0 Å². The maximum absolute atomic E-state index is 12.1. The van der Waals surface area contributed by atoms with Crippen LogP contribution in [-0.4, -0.2) is 55.9 Å². The van der Waals surface area contributed by atoms with Gasteiger partial charge in [-0.05, 0) is 19.2 Å². The molecule has 6 nitrogen and oxygen atoms in total. The molecule has 1 fully saturated rings. The minimum atomic E-state index is -0.0630. The lowest BCUT2D eigenvalue weighted by Crippen LogP contribution is -2.48. The molecule has 0 spiro atoms. The fraction of sp³-hybridized carbons (Fsp3) is 0.462. The number of benzene rings is 1. The standard InChI is InChI=1S/C13H17N3O3/c1-15-4-6-16(7-5-15)13(17)14-10-2-3-11-12(8-10)19-9-18-11/h2-3,8H,4-7,9H2,1H3,(H,14,17). The van der Waals surface area contributed by atoms with Crippen LogP contribution in [0.2, 0.25) is 0 Å². The van der Waals surface area contributed by atoms with E-state index in [2.05, 4.69) is 17.3 Å². The fourth-order valence-electron chi connectivity index (χ4n) is 2.19. The Kier molecular flexibility index (Phi) is 3.16. The summed E-state index contributed by atoms with van der Waals surface area (Å²) >= 11 is 0. The Labute approximate surface area is 111 Å². The van der Waals surface area contributed by atoms with E-state index in [4.69, 9.17) is 9.47 Å². The van der Waals surface area contributed by atoms with Gasteiger partial charge in [-0.1, -0.05) is 0 Å². The van der Waals surface area contributed by atoms with Gasteiger partial charge in [-0.15, -0.1) is 0 Å². The second kappa shape index (κ2) is 4.97. The van der Waals surface area contributed by atoms with Crippen LogP contribution in [0.1, 0.15) is 0 Å². The summed E-state index contributed by atoms with van der Waals surface area (Å²) in [4.78, 5) is 16.1. The quantitative estimate of drug-likeness (QED) is 0.827. The van der Waals surface area contributed by atoms with Crippen molar-refractivity contribution in [1.82, 2.24) is 9.80 Å². The van der Waals surface area contributed by atoms with Gasteiger partial charge >= 0.3 is 6.03 Å². The number of likely N-dealkylation sites (N-methyl/N-ethyl adjacent to an activating group) is 1. The van der Waals surface area contributed by atoms with Gasteiger partial charge in [0.15, 0.2) is 11.5 Å². The molecule has 2 aliphatic rings. The molecular weight excluding hydrogens is 246 g/mol. The van der Waals surface area contributed by atoms with E-state index in [1.54, 1.807) is 6.07 Å². The Morgan fingerprint density at radius 1 is 1.16 bits per heavy atom. The first-order valence-electron chi connectivity index (χ1n) is 6.36. The zero-order valence-corrected chi connectivity index (χ0v) is 10.9. The number of ether oxygens (including phenoxy) is 2. The molecule has 3 rings (SSSR count). The van der Waals surface area contributed by atoms with Crippen LogP contribution in [0, 0.1) is 0 Å². The van der Waals surface area contributed by atoms with Gasteiger partial charge in [-0.2, -0.15) is 0 Å². The Morgan fingerprint density at radius 2 is 1.89 bits per heavy atom. The number of hydrogen-bond donors (Lipinski definition) is 1. The van der Waals surface area contributed by atoms with Crippen LogP contribution in [0.25, 0.3) is 0 Å². The molecule has 19 heavy (non-hydrogen) atoms. The lowest BCUT2D eigenvalue weighted by atomic mass is 10.3. The summed E-state index contributed by atoms with van der Waals surface area (Å²) in [6, 6.07) is 5.35. The molecule has 2 amide bonds. The highest BCUT2D eigenvalue weighted by molar-refractivity contribution is 5.89. The van der Waals surface area contributed by atoms with E-state index in [9.17, 15) is 4.79 Å². The average Bonchev–Trinajstić information content (AvgIpc) is 2.87. The second-order valence-electron chi connectivity index (χ2n) is 4.79. The van der Waals surface area contributed by atoms with Crippen molar-refractivity contribution < 1.29 is 14.3 Å². The number of fused-ring (bicyclic) bond motifs is 1. The molecular formula is C13H17N3O3. The van der Waals surface area contributed by atoms with E-state index in [0.717, 1.165) is 37.6 Å². The highest BCUT2D eigenvalue weighted by Gasteiger charge is 2.20. The van der Waals surface area contributed by atoms with Crippen molar-refractivity contribution in [3.8, 4) is 11.5 Å². The first-order valence-corrected chi connectivity index (χ1v) is 6.36. The highest BCUT2D eigenvalue weighted by Crippen LogP contribution is 2.34. The van der Waals surface area contributed by atoms with Gasteiger partial charge in [-0.25, -0.2) is 4.79 Å². The number of amides is 2. The molecule has 0 unspecified atom stereocenters. The van der Waals surface area contributed by atoms with Gasteiger partial charge in [-0.3, -0.25) is 0 Å². The molecule has 6 heteroatoms. The van der Waals surface area contributed by atoms with Gasteiger partial charge in [0, 0.05) is 37.9 Å². The van der Waals surface area contributed by atoms with Crippen LogP contribution in [0.4, 0.5) is 10.5 Å². The molecule has 0 bridgehead atoms. The molecule has 2 aliphatic heterocycles. The van der Waals surface area contributed by atoms with Crippen molar-refractivity contribution in [3.63, 3.8) is 0 Å². The largest absolute Gasteiger partial charge is 0.454 e. The summed E-state index contributed by atoms with van der Waals surface area (Å²) in [5, 5.41) is 2.89. The first-order chi connectivity index (χ1) is 9.22. The molecule has 1 aromatic carbocycles. The van der Waals surface area contributed by atoms with Gasteiger partial charge in [0.05, 0.1) is 0 Å². The number of anilines is 1. The maximum atomic E-state index is 12.1. The number of urea groups is 1. The number of nitrogens with one attached hydrogen (secondary N) is 1. The van der Waals surface area contributed by atoms with Crippen molar-refractivity contribution in [1.29, 1.82) is 0 Å². The van der Waals surface area contributed by atoms with E-state index in [0.29, 0.717) is 5.75 Å². The summed E-state index contributed by atoms with van der Waals surface area (Å²) in [5.41, 5.74) is 0.730. The van der Waals surface area contributed by atoms with Gasteiger partial charge in [0.1, 0.15) is 0 Å². The summed E-state index contributed by atoms with van der Waals surface area (Å²) in [5.74, 6) is 1.40. The van der Waals surface area contributed by atoms with E-state index >= 15 is 0 Å². The zero-order chi connectivity index (χ0) is 13.2. The van der Waals surface area contributed by atoms with E-state index in [-0.39, 0.29) is 12.8 Å². The highest BCUT2D eigenvalue weighted by atomic mass is 16.7. The number of rotatable bonds is 1. The number of piperazine rings is 1. The minimum absolute atomic E-state index is 0.0630. The van der Waals surface area contributed by atoms with Gasteiger partial charge in [0.2, 0.25) is 6.79 Å². The van der Waals surface area contributed by atoms with Crippen molar-refractivity contribution in [3.05, 3.63) is 18.2 Å². The van der Waals surface area contributed by atoms with Crippen molar-refractivity contribution in [2.45, 2.75) is 0 Å². The average molecular weight is 263 g/mol. The van der Waals surface area contributed by atoms with E-state index in [1.165, 1.54) is 0 Å².